The van der Waals surface area contributed by atoms with Gasteiger partial charge in [-0.15, -0.1) is 0 Å². The summed E-state index contributed by atoms with van der Waals surface area (Å²) in [6.07, 6.45) is 1.08. The van der Waals surface area contributed by atoms with Crippen molar-refractivity contribution in [1.82, 2.24) is 10.2 Å². The molecule has 0 aliphatic heterocycles. The van der Waals surface area contributed by atoms with E-state index in [9.17, 15) is 14.4 Å². The standard InChI is InChI=1S/C9H16N2O4/c1-3-4-7(12)10-5-8(13)11(2)6-9(14)15/h3-6H2,1-2H3,(H,10,12)(H,14,15). The molecule has 0 spiro atoms. The number of carboxylic acids is 1. The quantitative estimate of drug-likeness (QED) is 0.623. The summed E-state index contributed by atoms with van der Waals surface area (Å²) in [7, 11) is 1.38. The van der Waals surface area contributed by atoms with Crippen LogP contribution in [-0.4, -0.2) is 47.9 Å². The highest BCUT2D eigenvalue weighted by molar-refractivity contribution is 5.86. The van der Waals surface area contributed by atoms with Gasteiger partial charge in [-0.25, -0.2) is 0 Å². The summed E-state index contributed by atoms with van der Waals surface area (Å²) in [5.74, 6) is -1.69. The second-order valence-corrected chi connectivity index (χ2v) is 3.17. The van der Waals surface area contributed by atoms with Crippen LogP contribution in [0.3, 0.4) is 0 Å². The molecule has 0 saturated carbocycles. The third kappa shape index (κ3) is 6.48. The van der Waals surface area contributed by atoms with Gasteiger partial charge in [-0.2, -0.15) is 0 Å². The summed E-state index contributed by atoms with van der Waals surface area (Å²) < 4.78 is 0. The third-order valence-electron chi connectivity index (χ3n) is 1.71. The van der Waals surface area contributed by atoms with Gasteiger partial charge in [0.2, 0.25) is 11.8 Å². The van der Waals surface area contributed by atoms with E-state index in [0.29, 0.717) is 12.8 Å². The summed E-state index contributed by atoms with van der Waals surface area (Å²) in [6.45, 7) is 1.35. The van der Waals surface area contributed by atoms with Crippen LogP contribution in [0, 0.1) is 0 Å². The van der Waals surface area contributed by atoms with Crippen molar-refractivity contribution in [1.29, 1.82) is 0 Å². The zero-order valence-corrected chi connectivity index (χ0v) is 8.95. The summed E-state index contributed by atoms with van der Waals surface area (Å²) >= 11 is 0. The van der Waals surface area contributed by atoms with E-state index in [1.165, 1.54) is 7.05 Å². The summed E-state index contributed by atoms with van der Waals surface area (Å²) in [6, 6.07) is 0. The number of hydrogen-bond acceptors (Lipinski definition) is 3. The lowest BCUT2D eigenvalue weighted by atomic mass is 10.3. The lowest BCUT2D eigenvalue weighted by Crippen LogP contribution is -2.40. The molecule has 0 fully saturated rings. The van der Waals surface area contributed by atoms with Gasteiger partial charge >= 0.3 is 5.97 Å². The lowest BCUT2D eigenvalue weighted by Gasteiger charge is -2.14. The number of carbonyl (C=O) groups excluding carboxylic acids is 2. The molecule has 0 aromatic carbocycles. The average molecular weight is 216 g/mol. The molecule has 6 heteroatoms. The van der Waals surface area contributed by atoms with E-state index < -0.39 is 11.9 Å². The first-order chi connectivity index (χ1) is 6.97. The van der Waals surface area contributed by atoms with Gasteiger partial charge in [-0.3, -0.25) is 14.4 Å². The average Bonchev–Trinajstić information content (AvgIpc) is 2.13. The van der Waals surface area contributed by atoms with Crippen molar-refractivity contribution in [2.75, 3.05) is 20.1 Å². The number of nitrogens with one attached hydrogen (secondary N) is 1. The second kappa shape index (κ2) is 6.80. The SMILES string of the molecule is CCCC(=O)NCC(=O)N(C)CC(=O)O. The fraction of sp³-hybridized carbons (Fsp3) is 0.667. The van der Waals surface area contributed by atoms with Gasteiger partial charge in [0, 0.05) is 13.5 Å². The van der Waals surface area contributed by atoms with Gasteiger partial charge < -0.3 is 15.3 Å². The minimum atomic E-state index is -1.08. The first kappa shape index (κ1) is 13.4. The summed E-state index contributed by atoms with van der Waals surface area (Å²) in [5.41, 5.74) is 0. The van der Waals surface area contributed by atoms with E-state index in [2.05, 4.69) is 5.32 Å². The highest BCUT2D eigenvalue weighted by Crippen LogP contribution is 1.87. The largest absolute Gasteiger partial charge is 0.480 e. The molecule has 15 heavy (non-hydrogen) atoms. The fourth-order valence-electron chi connectivity index (χ4n) is 0.916. The number of carbonyl (C=O) groups is 3. The van der Waals surface area contributed by atoms with E-state index in [1.807, 2.05) is 6.92 Å². The zero-order chi connectivity index (χ0) is 11.8. The monoisotopic (exact) mass is 216 g/mol. The van der Waals surface area contributed by atoms with Crippen LogP contribution in [-0.2, 0) is 14.4 Å². The summed E-state index contributed by atoms with van der Waals surface area (Å²) in [5, 5.41) is 10.8. The van der Waals surface area contributed by atoms with Crippen molar-refractivity contribution in [3.63, 3.8) is 0 Å². The first-order valence-electron chi connectivity index (χ1n) is 4.69. The third-order valence-corrected chi connectivity index (χ3v) is 1.71. The predicted molar refractivity (Wildman–Crippen MR) is 53.2 cm³/mol. The second-order valence-electron chi connectivity index (χ2n) is 3.17. The number of likely N-dealkylation sites (N-methyl/N-ethyl adjacent to an activating group) is 1. The van der Waals surface area contributed by atoms with Crippen molar-refractivity contribution in [2.45, 2.75) is 19.8 Å². The van der Waals surface area contributed by atoms with E-state index in [4.69, 9.17) is 5.11 Å². The molecule has 0 radical (unpaired) electrons. The highest BCUT2D eigenvalue weighted by Gasteiger charge is 2.12. The van der Waals surface area contributed by atoms with Gasteiger partial charge in [-0.1, -0.05) is 6.92 Å². The van der Waals surface area contributed by atoms with Gasteiger partial charge in [0.1, 0.15) is 6.54 Å². The molecule has 0 unspecified atom stereocenters. The molecule has 0 atom stereocenters. The Hall–Kier alpha value is -1.59. The van der Waals surface area contributed by atoms with Crippen LogP contribution >= 0.6 is 0 Å². The Morgan fingerprint density at radius 3 is 2.40 bits per heavy atom. The molecule has 0 aliphatic rings. The van der Waals surface area contributed by atoms with E-state index in [1.54, 1.807) is 0 Å². The maximum absolute atomic E-state index is 11.2. The zero-order valence-electron chi connectivity index (χ0n) is 8.95. The maximum Gasteiger partial charge on any atom is 0.323 e. The van der Waals surface area contributed by atoms with Gasteiger partial charge in [0.15, 0.2) is 0 Å². The van der Waals surface area contributed by atoms with Crippen LogP contribution in [0.15, 0.2) is 0 Å². The number of carboxylic acid groups (broad SMARTS) is 1. The van der Waals surface area contributed by atoms with Crippen LogP contribution in [0.2, 0.25) is 0 Å². The molecular weight excluding hydrogens is 200 g/mol. The van der Waals surface area contributed by atoms with Crippen LogP contribution in [0.4, 0.5) is 0 Å². The number of nitrogens with zero attached hydrogens (tertiary/aromatic N) is 1. The van der Waals surface area contributed by atoms with Crippen LogP contribution in [0.25, 0.3) is 0 Å². The minimum Gasteiger partial charge on any atom is -0.480 e. The Labute approximate surface area is 88.2 Å². The molecule has 2 N–H and O–H groups in total. The maximum atomic E-state index is 11.2. The Bertz CT molecular complexity index is 252. The normalized spacial score (nSPS) is 9.47. The Balaban J connectivity index is 3.82. The highest BCUT2D eigenvalue weighted by atomic mass is 16.4. The number of rotatable bonds is 6. The molecule has 0 bridgehead atoms. The van der Waals surface area contributed by atoms with Crippen molar-refractivity contribution < 1.29 is 19.5 Å². The molecular formula is C9H16N2O4. The van der Waals surface area contributed by atoms with Crippen molar-refractivity contribution in [2.24, 2.45) is 0 Å². The van der Waals surface area contributed by atoms with Crippen LogP contribution < -0.4 is 5.32 Å². The van der Waals surface area contributed by atoms with Gasteiger partial charge in [0.05, 0.1) is 6.54 Å². The van der Waals surface area contributed by atoms with E-state index in [-0.39, 0.29) is 19.0 Å². The molecule has 0 aromatic rings. The molecule has 0 rings (SSSR count). The van der Waals surface area contributed by atoms with Crippen molar-refractivity contribution in [3.05, 3.63) is 0 Å². The smallest absolute Gasteiger partial charge is 0.323 e. The Kier molecular flexibility index (Phi) is 6.08. The van der Waals surface area contributed by atoms with E-state index in [0.717, 1.165) is 4.90 Å². The first-order valence-corrected chi connectivity index (χ1v) is 4.69. The molecule has 0 saturated heterocycles. The molecule has 0 aliphatic carbocycles. The van der Waals surface area contributed by atoms with Crippen molar-refractivity contribution >= 4 is 17.8 Å². The molecule has 0 aromatic heterocycles. The molecule has 2 amide bonds. The Morgan fingerprint density at radius 2 is 1.93 bits per heavy atom. The predicted octanol–water partition coefficient (Wildman–Crippen LogP) is -0.554. The molecule has 86 valence electrons. The van der Waals surface area contributed by atoms with Gasteiger partial charge in [0.25, 0.3) is 0 Å². The lowest BCUT2D eigenvalue weighted by molar-refractivity contribution is -0.143. The summed E-state index contributed by atoms with van der Waals surface area (Å²) in [4.78, 5) is 33.6. The number of aliphatic carboxylic acids is 1. The van der Waals surface area contributed by atoms with Crippen LogP contribution in [0.1, 0.15) is 19.8 Å². The van der Waals surface area contributed by atoms with E-state index >= 15 is 0 Å². The van der Waals surface area contributed by atoms with Crippen LogP contribution in [0.5, 0.6) is 0 Å². The van der Waals surface area contributed by atoms with Crippen molar-refractivity contribution in [3.8, 4) is 0 Å². The Morgan fingerprint density at radius 1 is 1.33 bits per heavy atom. The van der Waals surface area contributed by atoms with Gasteiger partial charge in [-0.05, 0) is 6.42 Å². The number of amides is 2. The minimum absolute atomic E-state index is 0.150. The topological polar surface area (TPSA) is 86.7 Å². The molecule has 0 heterocycles. The molecule has 6 nitrogen and oxygen atoms in total. The number of hydrogen-bond donors (Lipinski definition) is 2. The fourth-order valence-corrected chi connectivity index (χ4v) is 0.916.